The summed E-state index contributed by atoms with van der Waals surface area (Å²) in [6, 6.07) is 12.1. The molecule has 0 aromatic heterocycles. The maximum atomic E-state index is 13.8. The van der Waals surface area contributed by atoms with Crippen molar-refractivity contribution in [3.63, 3.8) is 0 Å². The van der Waals surface area contributed by atoms with E-state index in [0.29, 0.717) is 38.4 Å². The quantitative estimate of drug-likeness (QED) is 0.502. The molecule has 5 rings (SSSR count). The number of hydrogen-bond acceptors (Lipinski definition) is 5. The van der Waals surface area contributed by atoms with Crippen molar-refractivity contribution in [1.29, 1.82) is 0 Å². The number of methoxy groups -OCH3 is 1. The molecule has 0 spiro atoms. The van der Waals surface area contributed by atoms with Crippen LogP contribution in [0.2, 0.25) is 0 Å². The fraction of sp³-hybridized carbons (Fsp3) is 0.533. The summed E-state index contributed by atoms with van der Waals surface area (Å²) in [4.78, 5) is 32.7. The van der Waals surface area contributed by atoms with Gasteiger partial charge in [0.05, 0.1) is 12.6 Å². The molecule has 3 aliphatic rings. The van der Waals surface area contributed by atoms with Gasteiger partial charge in [-0.05, 0) is 66.6 Å². The van der Waals surface area contributed by atoms with Crippen molar-refractivity contribution < 1.29 is 23.5 Å². The Morgan fingerprint density at radius 1 is 1.03 bits per heavy atom. The van der Waals surface area contributed by atoms with Crippen molar-refractivity contribution in [2.24, 2.45) is 5.92 Å². The van der Waals surface area contributed by atoms with E-state index in [4.69, 9.17) is 9.47 Å². The molecule has 0 radical (unpaired) electrons. The van der Waals surface area contributed by atoms with Crippen molar-refractivity contribution in [1.82, 2.24) is 14.7 Å². The average Bonchev–Trinajstić information content (AvgIpc) is 3.80. The number of hydrogen-bond donors (Lipinski definition) is 0. The third kappa shape index (κ3) is 5.86. The largest absolute Gasteiger partial charge is 0.481 e. The smallest absolute Gasteiger partial charge is 0.263 e. The van der Waals surface area contributed by atoms with E-state index in [1.54, 1.807) is 19.2 Å². The van der Waals surface area contributed by atoms with Gasteiger partial charge in [-0.3, -0.25) is 14.5 Å². The van der Waals surface area contributed by atoms with Crippen LogP contribution in [0.4, 0.5) is 4.39 Å². The number of carbonyl (C=O) groups excluding carboxylic acids is 2. The summed E-state index contributed by atoms with van der Waals surface area (Å²) in [5.41, 5.74) is 3.02. The van der Waals surface area contributed by atoms with Gasteiger partial charge in [-0.15, -0.1) is 0 Å². The number of ether oxygens (including phenoxy) is 2. The lowest BCUT2D eigenvalue weighted by atomic mass is 9.87. The molecule has 2 heterocycles. The monoisotopic (exact) mass is 523 g/mol. The second-order valence-corrected chi connectivity index (χ2v) is 10.5. The number of rotatable bonds is 9. The Bertz CT molecular complexity index is 1130. The number of nitrogens with zero attached hydrogens (tertiary/aromatic N) is 3. The third-order valence-electron chi connectivity index (χ3n) is 7.96. The van der Waals surface area contributed by atoms with Gasteiger partial charge in [-0.2, -0.15) is 0 Å². The summed E-state index contributed by atoms with van der Waals surface area (Å²) in [5, 5.41) is 0. The van der Waals surface area contributed by atoms with Crippen LogP contribution in [-0.4, -0.2) is 85.6 Å². The van der Waals surface area contributed by atoms with Crippen LogP contribution in [0.5, 0.6) is 5.75 Å². The normalized spacial score (nSPS) is 20.7. The summed E-state index contributed by atoms with van der Waals surface area (Å²) in [6.45, 7) is 7.18. The highest BCUT2D eigenvalue weighted by molar-refractivity contribution is 5.83. The molecule has 2 aromatic rings. The summed E-state index contributed by atoms with van der Waals surface area (Å²) < 4.78 is 25.2. The van der Waals surface area contributed by atoms with E-state index in [1.807, 2.05) is 34.9 Å². The molecular formula is C30H38FN3O4. The second kappa shape index (κ2) is 11.8. The van der Waals surface area contributed by atoms with Crippen LogP contribution in [0.3, 0.4) is 0 Å². The van der Waals surface area contributed by atoms with E-state index in [2.05, 4.69) is 4.90 Å². The number of carbonyl (C=O) groups is 2. The molecule has 0 N–H and O–H groups in total. The minimum Gasteiger partial charge on any atom is -0.481 e. The zero-order valence-corrected chi connectivity index (χ0v) is 22.4. The molecule has 1 saturated heterocycles. The fourth-order valence-electron chi connectivity index (χ4n) is 5.56. The summed E-state index contributed by atoms with van der Waals surface area (Å²) >= 11 is 0. The van der Waals surface area contributed by atoms with Crippen LogP contribution in [-0.2, 0) is 20.7 Å². The summed E-state index contributed by atoms with van der Waals surface area (Å²) in [6.07, 6.45) is 2.61. The standard InChI is InChI=1S/C30H38FN3O4/c1-3-27(30(36)33-16-14-32(15-17-33)18-19-37-2)38-25-11-8-21-12-13-34(29(35)23-4-5-23)28(26(21)20-25)22-6-9-24(31)10-7-22/h6-11,20,23,27-28H,3-5,12-19H2,1-2H3/t27-,28+/m1/s1. The Kier molecular flexibility index (Phi) is 8.29. The van der Waals surface area contributed by atoms with Gasteiger partial charge in [0.25, 0.3) is 5.91 Å². The zero-order valence-electron chi connectivity index (χ0n) is 22.4. The van der Waals surface area contributed by atoms with Gasteiger partial charge >= 0.3 is 0 Å². The molecule has 2 atom stereocenters. The molecular weight excluding hydrogens is 485 g/mol. The lowest BCUT2D eigenvalue weighted by molar-refractivity contribution is -0.140. The topological polar surface area (TPSA) is 62.3 Å². The van der Waals surface area contributed by atoms with E-state index in [-0.39, 0.29) is 29.6 Å². The van der Waals surface area contributed by atoms with Crippen LogP contribution < -0.4 is 4.74 Å². The number of amides is 2. The first-order valence-corrected chi connectivity index (χ1v) is 13.8. The minimum absolute atomic E-state index is 0.0113. The van der Waals surface area contributed by atoms with Crippen LogP contribution in [0.15, 0.2) is 42.5 Å². The fourth-order valence-corrected chi connectivity index (χ4v) is 5.56. The van der Waals surface area contributed by atoms with Gasteiger partial charge in [0.2, 0.25) is 5.91 Å². The summed E-state index contributed by atoms with van der Waals surface area (Å²) in [7, 11) is 1.70. The highest BCUT2D eigenvalue weighted by Gasteiger charge is 2.40. The minimum atomic E-state index is -0.573. The van der Waals surface area contributed by atoms with Crippen molar-refractivity contribution in [3.05, 3.63) is 65.0 Å². The zero-order chi connectivity index (χ0) is 26.6. The Hall–Kier alpha value is -2.97. The lowest BCUT2D eigenvalue weighted by Gasteiger charge is -2.38. The lowest BCUT2D eigenvalue weighted by Crippen LogP contribution is -2.52. The Balaban J connectivity index is 1.34. The Morgan fingerprint density at radius 3 is 2.42 bits per heavy atom. The van der Waals surface area contributed by atoms with Crippen molar-refractivity contribution in [3.8, 4) is 5.75 Å². The molecule has 2 aliphatic heterocycles. The molecule has 2 fully saturated rings. The first-order chi connectivity index (χ1) is 18.5. The van der Waals surface area contributed by atoms with Crippen LogP contribution in [0.1, 0.15) is 48.9 Å². The maximum Gasteiger partial charge on any atom is 0.263 e. The van der Waals surface area contributed by atoms with Crippen molar-refractivity contribution >= 4 is 11.8 Å². The molecule has 2 aromatic carbocycles. The van der Waals surface area contributed by atoms with Gasteiger partial charge in [0, 0.05) is 52.3 Å². The Morgan fingerprint density at radius 2 is 1.76 bits per heavy atom. The SMILES string of the molecule is CC[C@@H](Oc1ccc2c(c1)[C@H](c1ccc(F)cc1)N(C(=O)C1CC1)CC2)C(=O)N1CCN(CCOC)CC1. The highest BCUT2D eigenvalue weighted by atomic mass is 19.1. The molecule has 7 nitrogen and oxygen atoms in total. The van der Waals surface area contributed by atoms with Crippen molar-refractivity contribution in [2.75, 3.05) is 53.0 Å². The highest BCUT2D eigenvalue weighted by Crippen LogP contribution is 2.41. The number of halogens is 1. The number of benzene rings is 2. The first-order valence-electron chi connectivity index (χ1n) is 13.8. The predicted octanol–water partition coefficient (Wildman–Crippen LogP) is 3.66. The second-order valence-electron chi connectivity index (χ2n) is 10.5. The van der Waals surface area contributed by atoms with Gasteiger partial charge in [-0.25, -0.2) is 4.39 Å². The summed E-state index contributed by atoms with van der Waals surface area (Å²) in [5.74, 6) is 0.594. The van der Waals surface area contributed by atoms with E-state index in [9.17, 15) is 14.0 Å². The van der Waals surface area contributed by atoms with E-state index in [1.165, 1.54) is 12.1 Å². The Labute approximate surface area is 224 Å². The van der Waals surface area contributed by atoms with E-state index < -0.39 is 6.10 Å². The molecule has 2 amide bonds. The number of fused-ring (bicyclic) bond motifs is 1. The predicted molar refractivity (Wildman–Crippen MR) is 142 cm³/mol. The van der Waals surface area contributed by atoms with Crippen LogP contribution in [0, 0.1) is 11.7 Å². The van der Waals surface area contributed by atoms with E-state index in [0.717, 1.165) is 55.6 Å². The van der Waals surface area contributed by atoms with Crippen molar-refractivity contribution in [2.45, 2.75) is 44.8 Å². The molecule has 8 heteroatoms. The molecule has 1 saturated carbocycles. The average molecular weight is 524 g/mol. The molecule has 0 bridgehead atoms. The van der Waals surface area contributed by atoms with Gasteiger partial charge < -0.3 is 19.3 Å². The van der Waals surface area contributed by atoms with Crippen LogP contribution in [0.25, 0.3) is 0 Å². The van der Waals surface area contributed by atoms with Gasteiger partial charge in [0.15, 0.2) is 6.10 Å². The van der Waals surface area contributed by atoms with Crippen LogP contribution >= 0.6 is 0 Å². The van der Waals surface area contributed by atoms with Gasteiger partial charge in [0.1, 0.15) is 11.6 Å². The molecule has 38 heavy (non-hydrogen) atoms. The molecule has 1 aliphatic carbocycles. The van der Waals surface area contributed by atoms with E-state index >= 15 is 0 Å². The first kappa shape index (κ1) is 26.6. The number of piperazine rings is 1. The third-order valence-corrected chi connectivity index (χ3v) is 7.96. The molecule has 204 valence electrons. The van der Waals surface area contributed by atoms with Gasteiger partial charge in [-0.1, -0.05) is 25.1 Å². The molecule has 0 unspecified atom stereocenters. The maximum absolute atomic E-state index is 13.8.